The van der Waals surface area contributed by atoms with Crippen LogP contribution in [0.2, 0.25) is 0 Å². The monoisotopic (exact) mass is 403 g/mol. The van der Waals surface area contributed by atoms with Crippen LogP contribution in [0.4, 0.5) is 10.9 Å². The summed E-state index contributed by atoms with van der Waals surface area (Å²) in [7, 11) is 1.69. The molecule has 3 heterocycles. The number of thiazole rings is 1. The minimum Gasteiger partial charge on any atom is -0.497 e. The fourth-order valence-electron chi connectivity index (χ4n) is 3.57. The summed E-state index contributed by atoms with van der Waals surface area (Å²) in [6.07, 6.45) is 1.66. The number of methoxy groups -OCH3 is 1. The van der Waals surface area contributed by atoms with E-state index in [1.54, 1.807) is 24.8 Å². The zero-order valence-corrected chi connectivity index (χ0v) is 17.0. The van der Waals surface area contributed by atoms with Crippen LogP contribution in [-0.2, 0) is 0 Å². The Morgan fingerprint density at radius 2 is 1.69 bits per heavy atom. The van der Waals surface area contributed by atoms with Gasteiger partial charge in [0.05, 0.1) is 23.0 Å². The summed E-state index contributed by atoms with van der Waals surface area (Å²) in [5.74, 6) is 1.85. The number of nitrogens with zero attached hydrogens (tertiary/aromatic N) is 5. The van der Waals surface area contributed by atoms with E-state index in [2.05, 4.69) is 44.0 Å². The molecule has 6 nitrogen and oxygen atoms in total. The number of rotatable bonds is 4. The van der Waals surface area contributed by atoms with Gasteiger partial charge in [0.25, 0.3) is 0 Å². The highest BCUT2D eigenvalue weighted by molar-refractivity contribution is 7.22. The lowest BCUT2D eigenvalue weighted by Gasteiger charge is -2.35. The van der Waals surface area contributed by atoms with Crippen LogP contribution in [0.15, 0.2) is 60.9 Å². The maximum Gasteiger partial charge on any atom is 0.186 e. The number of aromatic nitrogens is 3. The van der Waals surface area contributed by atoms with Crippen molar-refractivity contribution in [2.75, 3.05) is 43.1 Å². The van der Waals surface area contributed by atoms with Crippen molar-refractivity contribution < 1.29 is 4.74 Å². The molecule has 7 heteroatoms. The number of hydrogen-bond donors (Lipinski definition) is 0. The average molecular weight is 404 g/mol. The van der Waals surface area contributed by atoms with Crippen molar-refractivity contribution in [3.8, 4) is 17.0 Å². The smallest absolute Gasteiger partial charge is 0.186 e. The molecule has 0 bridgehead atoms. The van der Waals surface area contributed by atoms with Crippen molar-refractivity contribution in [1.29, 1.82) is 0 Å². The number of ether oxygens (including phenoxy) is 1. The van der Waals surface area contributed by atoms with Crippen molar-refractivity contribution >= 4 is 32.5 Å². The van der Waals surface area contributed by atoms with Crippen LogP contribution in [-0.4, -0.2) is 48.2 Å². The van der Waals surface area contributed by atoms with E-state index >= 15 is 0 Å². The molecule has 29 heavy (non-hydrogen) atoms. The minimum absolute atomic E-state index is 0.871. The molecule has 0 unspecified atom stereocenters. The Labute approximate surface area is 173 Å². The van der Waals surface area contributed by atoms with Crippen LogP contribution >= 0.6 is 11.3 Å². The molecule has 0 N–H and O–H groups in total. The molecule has 0 radical (unpaired) electrons. The number of fused-ring (bicyclic) bond motifs is 1. The number of hydrogen-bond acceptors (Lipinski definition) is 7. The molecular weight excluding hydrogens is 382 g/mol. The fourth-order valence-corrected chi connectivity index (χ4v) is 4.61. The predicted octanol–water partition coefficient (Wildman–Crippen LogP) is 4.09. The van der Waals surface area contributed by atoms with E-state index in [1.807, 2.05) is 30.3 Å². The molecule has 0 saturated carbocycles. The van der Waals surface area contributed by atoms with Crippen LogP contribution in [0.1, 0.15) is 0 Å². The lowest BCUT2D eigenvalue weighted by molar-refractivity contribution is 0.415. The molecular formula is C22H21N5OS. The molecule has 1 aliphatic rings. The molecule has 1 saturated heterocycles. The number of piperazine rings is 1. The summed E-state index contributed by atoms with van der Waals surface area (Å²) < 4.78 is 6.49. The first-order chi connectivity index (χ1) is 14.3. The largest absolute Gasteiger partial charge is 0.497 e. The summed E-state index contributed by atoms with van der Waals surface area (Å²) in [5.41, 5.74) is 3.09. The van der Waals surface area contributed by atoms with Gasteiger partial charge in [-0.3, -0.25) is 0 Å². The SMILES string of the molecule is COc1ccc2nc(N3CCN(c4cc(-c5ccccc5)ncn4)CC3)sc2c1. The van der Waals surface area contributed by atoms with Gasteiger partial charge in [-0.05, 0) is 18.2 Å². The summed E-state index contributed by atoms with van der Waals surface area (Å²) in [4.78, 5) is 18.4. The quantitative estimate of drug-likeness (QED) is 0.512. The molecule has 146 valence electrons. The maximum atomic E-state index is 5.33. The van der Waals surface area contributed by atoms with Gasteiger partial charge in [0, 0.05) is 37.8 Å². The molecule has 5 rings (SSSR count). The molecule has 2 aromatic heterocycles. The van der Waals surface area contributed by atoms with E-state index < -0.39 is 0 Å². The lowest BCUT2D eigenvalue weighted by atomic mass is 10.1. The van der Waals surface area contributed by atoms with Gasteiger partial charge in [0.1, 0.15) is 17.9 Å². The van der Waals surface area contributed by atoms with Crippen molar-refractivity contribution in [2.45, 2.75) is 0 Å². The molecule has 2 aromatic carbocycles. The van der Waals surface area contributed by atoms with E-state index in [9.17, 15) is 0 Å². The van der Waals surface area contributed by atoms with E-state index in [4.69, 9.17) is 9.72 Å². The Balaban J connectivity index is 1.31. The van der Waals surface area contributed by atoms with Gasteiger partial charge in [-0.1, -0.05) is 41.7 Å². The molecule has 0 spiro atoms. The lowest BCUT2D eigenvalue weighted by Crippen LogP contribution is -2.46. The van der Waals surface area contributed by atoms with Crippen LogP contribution in [0, 0.1) is 0 Å². The number of anilines is 2. The first-order valence-electron chi connectivity index (χ1n) is 9.62. The van der Waals surface area contributed by atoms with Crippen LogP contribution in [0.3, 0.4) is 0 Å². The highest BCUT2D eigenvalue weighted by Gasteiger charge is 2.21. The first-order valence-corrected chi connectivity index (χ1v) is 10.4. The standard InChI is InChI=1S/C22H21N5OS/c1-28-17-7-8-18-20(13-17)29-22(25-18)27-11-9-26(10-12-27)21-14-19(23-15-24-21)16-5-3-2-4-6-16/h2-8,13-15H,9-12H2,1H3. The predicted molar refractivity (Wildman–Crippen MR) is 118 cm³/mol. The van der Waals surface area contributed by atoms with E-state index in [0.717, 1.165) is 64.4 Å². The molecule has 4 aromatic rings. The molecule has 0 aliphatic carbocycles. The fraction of sp³-hybridized carbons (Fsp3) is 0.227. The summed E-state index contributed by atoms with van der Waals surface area (Å²) in [6, 6.07) is 18.3. The second-order valence-electron chi connectivity index (χ2n) is 6.93. The molecule has 0 amide bonds. The summed E-state index contributed by atoms with van der Waals surface area (Å²) >= 11 is 1.72. The highest BCUT2D eigenvalue weighted by Crippen LogP contribution is 2.32. The van der Waals surface area contributed by atoms with Crippen molar-refractivity contribution in [3.05, 3.63) is 60.9 Å². The summed E-state index contributed by atoms with van der Waals surface area (Å²) in [5, 5.41) is 1.07. The van der Waals surface area contributed by atoms with Crippen molar-refractivity contribution in [3.63, 3.8) is 0 Å². The van der Waals surface area contributed by atoms with Crippen LogP contribution in [0.5, 0.6) is 5.75 Å². The zero-order valence-electron chi connectivity index (χ0n) is 16.2. The Morgan fingerprint density at radius 1 is 0.897 bits per heavy atom. The molecule has 0 atom stereocenters. The zero-order chi connectivity index (χ0) is 19.6. The Bertz CT molecular complexity index is 1120. The van der Waals surface area contributed by atoms with Gasteiger partial charge in [-0.2, -0.15) is 0 Å². The summed E-state index contributed by atoms with van der Waals surface area (Å²) in [6.45, 7) is 3.65. The molecule has 1 fully saturated rings. The third-order valence-corrected chi connectivity index (χ3v) is 6.26. The highest BCUT2D eigenvalue weighted by atomic mass is 32.1. The van der Waals surface area contributed by atoms with Gasteiger partial charge in [0.2, 0.25) is 0 Å². The van der Waals surface area contributed by atoms with Gasteiger partial charge in [-0.25, -0.2) is 15.0 Å². The van der Waals surface area contributed by atoms with E-state index in [0.29, 0.717) is 0 Å². The maximum absolute atomic E-state index is 5.33. The normalized spacial score (nSPS) is 14.4. The topological polar surface area (TPSA) is 54.4 Å². The Hall–Kier alpha value is -3.19. The van der Waals surface area contributed by atoms with Crippen molar-refractivity contribution in [2.24, 2.45) is 0 Å². The van der Waals surface area contributed by atoms with E-state index in [1.165, 1.54) is 0 Å². The van der Waals surface area contributed by atoms with E-state index in [-0.39, 0.29) is 0 Å². The van der Waals surface area contributed by atoms with Crippen LogP contribution < -0.4 is 14.5 Å². The second-order valence-corrected chi connectivity index (χ2v) is 7.94. The van der Waals surface area contributed by atoms with Gasteiger partial charge in [0.15, 0.2) is 5.13 Å². The molecule has 1 aliphatic heterocycles. The van der Waals surface area contributed by atoms with Crippen LogP contribution in [0.25, 0.3) is 21.5 Å². The first kappa shape index (κ1) is 17.9. The van der Waals surface area contributed by atoms with Gasteiger partial charge >= 0.3 is 0 Å². The number of benzene rings is 2. The van der Waals surface area contributed by atoms with Gasteiger partial charge < -0.3 is 14.5 Å². The van der Waals surface area contributed by atoms with Crippen molar-refractivity contribution in [1.82, 2.24) is 15.0 Å². The average Bonchev–Trinajstić information content (AvgIpc) is 3.23. The van der Waals surface area contributed by atoms with Gasteiger partial charge in [-0.15, -0.1) is 0 Å². The Morgan fingerprint density at radius 3 is 2.48 bits per heavy atom. The third-order valence-electron chi connectivity index (χ3n) is 5.18. The minimum atomic E-state index is 0.871. The Kier molecular flexibility index (Phi) is 4.73. The third kappa shape index (κ3) is 3.61. The second kappa shape index (κ2) is 7.67.